The Morgan fingerprint density at radius 1 is 1.29 bits per heavy atom. The number of unbranched alkanes of at least 4 members (excludes halogenated alkanes) is 2. The fourth-order valence-corrected chi connectivity index (χ4v) is 4.03. The first kappa shape index (κ1) is 22.2. The number of aliphatic carboxylic acids is 1. The van der Waals surface area contributed by atoms with Gasteiger partial charge >= 0.3 is 5.97 Å². The van der Waals surface area contributed by atoms with E-state index in [9.17, 15) is 14.7 Å². The van der Waals surface area contributed by atoms with Crippen LogP contribution in [-0.2, 0) is 9.59 Å². The molecule has 2 rings (SSSR count). The number of thioether (sulfide) groups is 1. The lowest BCUT2D eigenvalue weighted by Crippen LogP contribution is -2.41. The van der Waals surface area contributed by atoms with Crippen molar-refractivity contribution in [1.29, 1.82) is 0 Å². The summed E-state index contributed by atoms with van der Waals surface area (Å²) in [6.07, 6.45) is 4.91. The van der Waals surface area contributed by atoms with Crippen LogP contribution in [0.25, 0.3) is 6.08 Å². The molecule has 0 aromatic heterocycles. The molecule has 1 aliphatic rings. The zero-order valence-corrected chi connectivity index (χ0v) is 17.9. The molecule has 1 amide bonds. The number of ether oxygens (including phenoxy) is 2. The van der Waals surface area contributed by atoms with Gasteiger partial charge in [0.25, 0.3) is 5.91 Å². The van der Waals surface area contributed by atoms with Gasteiger partial charge in [-0.1, -0.05) is 49.8 Å². The number of hydrogen-bond donors (Lipinski definition) is 1. The normalized spacial score (nSPS) is 16.5. The van der Waals surface area contributed by atoms with E-state index < -0.39 is 17.9 Å². The van der Waals surface area contributed by atoms with Gasteiger partial charge in [-0.3, -0.25) is 9.69 Å². The number of carbonyl (C=O) groups is 2. The van der Waals surface area contributed by atoms with Gasteiger partial charge in [0, 0.05) is 0 Å². The molecule has 0 spiro atoms. The summed E-state index contributed by atoms with van der Waals surface area (Å²) in [6.45, 7) is 6.59. The Balaban J connectivity index is 2.21. The highest BCUT2D eigenvalue weighted by atomic mass is 32.2. The highest BCUT2D eigenvalue weighted by Gasteiger charge is 2.38. The second-order valence-electron chi connectivity index (χ2n) is 6.26. The zero-order chi connectivity index (χ0) is 20.7. The van der Waals surface area contributed by atoms with Crippen molar-refractivity contribution < 1.29 is 24.2 Å². The molecule has 0 aliphatic carbocycles. The SMILES string of the molecule is CCCCCOc1ccc(/C=C2/SC(=S)N([C@@H](C)C(=O)O)C2=O)cc1OCC. The molecule has 1 N–H and O–H groups in total. The molecule has 0 saturated carbocycles. The summed E-state index contributed by atoms with van der Waals surface area (Å²) in [5, 5.41) is 9.17. The summed E-state index contributed by atoms with van der Waals surface area (Å²) in [6, 6.07) is 4.47. The topological polar surface area (TPSA) is 76.1 Å². The third kappa shape index (κ3) is 5.48. The number of amides is 1. The van der Waals surface area contributed by atoms with Crippen molar-refractivity contribution in [3.63, 3.8) is 0 Å². The Morgan fingerprint density at radius 2 is 2.04 bits per heavy atom. The van der Waals surface area contributed by atoms with E-state index in [0.717, 1.165) is 41.5 Å². The van der Waals surface area contributed by atoms with E-state index in [2.05, 4.69) is 6.92 Å². The quantitative estimate of drug-likeness (QED) is 0.341. The minimum atomic E-state index is -1.10. The number of carboxylic acids is 1. The molecule has 1 aliphatic heterocycles. The molecule has 1 aromatic carbocycles. The monoisotopic (exact) mass is 423 g/mol. The number of carboxylic acid groups (broad SMARTS) is 1. The summed E-state index contributed by atoms with van der Waals surface area (Å²) >= 11 is 6.28. The average Bonchev–Trinajstić information content (AvgIpc) is 2.93. The lowest BCUT2D eigenvalue weighted by Gasteiger charge is -2.18. The van der Waals surface area contributed by atoms with Crippen LogP contribution in [0.5, 0.6) is 11.5 Å². The van der Waals surface area contributed by atoms with Crippen LogP contribution < -0.4 is 9.47 Å². The fraction of sp³-hybridized carbons (Fsp3) is 0.450. The maximum absolute atomic E-state index is 12.6. The number of carbonyl (C=O) groups excluding carboxylic acids is 1. The minimum Gasteiger partial charge on any atom is -0.490 e. The molecule has 6 nitrogen and oxygen atoms in total. The molecule has 152 valence electrons. The van der Waals surface area contributed by atoms with Gasteiger partial charge in [0.2, 0.25) is 0 Å². The van der Waals surface area contributed by atoms with Crippen molar-refractivity contribution in [3.8, 4) is 11.5 Å². The molecule has 28 heavy (non-hydrogen) atoms. The molecular weight excluding hydrogens is 398 g/mol. The molecule has 1 aromatic rings. The first-order valence-corrected chi connectivity index (χ1v) is 10.5. The van der Waals surface area contributed by atoms with Gasteiger partial charge in [-0.15, -0.1) is 0 Å². The number of hydrogen-bond acceptors (Lipinski definition) is 6. The van der Waals surface area contributed by atoms with E-state index in [1.165, 1.54) is 6.92 Å². The second-order valence-corrected chi connectivity index (χ2v) is 7.94. The van der Waals surface area contributed by atoms with Crippen molar-refractivity contribution in [2.24, 2.45) is 0 Å². The highest BCUT2D eigenvalue weighted by Crippen LogP contribution is 2.36. The van der Waals surface area contributed by atoms with Gasteiger partial charge in [-0.2, -0.15) is 0 Å². The smallest absolute Gasteiger partial charge is 0.326 e. The summed E-state index contributed by atoms with van der Waals surface area (Å²) in [4.78, 5) is 25.3. The molecule has 1 fully saturated rings. The average molecular weight is 424 g/mol. The van der Waals surface area contributed by atoms with Crippen LogP contribution >= 0.6 is 24.0 Å². The standard InChI is InChI=1S/C20H25NO5S2/c1-4-6-7-10-26-15-9-8-14(11-16(15)25-5-2)12-17-18(22)21(20(27)28-17)13(3)19(23)24/h8-9,11-13H,4-7,10H2,1-3H3,(H,23,24)/b17-12+/t13-/m0/s1. The molecular formula is C20H25NO5S2. The number of rotatable bonds is 10. The number of benzene rings is 1. The van der Waals surface area contributed by atoms with Gasteiger partial charge < -0.3 is 14.6 Å². The zero-order valence-electron chi connectivity index (χ0n) is 16.3. The summed E-state index contributed by atoms with van der Waals surface area (Å²) in [5.74, 6) is -0.215. The third-order valence-corrected chi connectivity index (χ3v) is 5.47. The fourth-order valence-electron chi connectivity index (χ4n) is 2.61. The molecule has 0 bridgehead atoms. The Morgan fingerprint density at radius 3 is 2.68 bits per heavy atom. The van der Waals surface area contributed by atoms with E-state index in [-0.39, 0.29) is 4.32 Å². The maximum Gasteiger partial charge on any atom is 0.326 e. The van der Waals surface area contributed by atoms with Crippen LogP contribution in [0.4, 0.5) is 0 Å². The molecule has 0 radical (unpaired) electrons. The predicted molar refractivity (Wildman–Crippen MR) is 115 cm³/mol. The van der Waals surface area contributed by atoms with Crippen LogP contribution in [0.2, 0.25) is 0 Å². The van der Waals surface area contributed by atoms with Gasteiger partial charge in [0.15, 0.2) is 11.5 Å². The van der Waals surface area contributed by atoms with Crippen LogP contribution in [0.15, 0.2) is 23.1 Å². The molecule has 1 heterocycles. The van der Waals surface area contributed by atoms with Crippen molar-refractivity contribution in [2.45, 2.75) is 46.1 Å². The molecule has 8 heteroatoms. The van der Waals surface area contributed by atoms with Crippen LogP contribution in [0.1, 0.15) is 45.6 Å². The van der Waals surface area contributed by atoms with Crippen molar-refractivity contribution >= 4 is 46.3 Å². The van der Waals surface area contributed by atoms with E-state index in [0.29, 0.717) is 29.6 Å². The van der Waals surface area contributed by atoms with E-state index in [1.54, 1.807) is 6.08 Å². The Labute approximate surface area is 174 Å². The largest absolute Gasteiger partial charge is 0.490 e. The van der Waals surface area contributed by atoms with Crippen LogP contribution in [0.3, 0.4) is 0 Å². The Hall–Kier alpha value is -2.06. The molecule has 1 atom stereocenters. The molecule has 1 saturated heterocycles. The first-order valence-electron chi connectivity index (χ1n) is 9.28. The predicted octanol–water partition coefficient (Wildman–Crippen LogP) is 4.33. The maximum atomic E-state index is 12.6. The summed E-state index contributed by atoms with van der Waals surface area (Å²) in [7, 11) is 0. The first-order chi connectivity index (χ1) is 13.4. The minimum absolute atomic E-state index is 0.243. The van der Waals surface area contributed by atoms with Crippen molar-refractivity contribution in [3.05, 3.63) is 28.7 Å². The van der Waals surface area contributed by atoms with Gasteiger partial charge in [0.1, 0.15) is 10.4 Å². The van der Waals surface area contributed by atoms with Gasteiger partial charge in [-0.05, 0) is 44.0 Å². The Bertz CT molecular complexity index is 778. The van der Waals surface area contributed by atoms with E-state index in [1.807, 2.05) is 25.1 Å². The van der Waals surface area contributed by atoms with Gasteiger partial charge in [0.05, 0.1) is 18.1 Å². The van der Waals surface area contributed by atoms with Crippen molar-refractivity contribution in [2.75, 3.05) is 13.2 Å². The Kier molecular flexibility index (Phi) is 8.32. The highest BCUT2D eigenvalue weighted by molar-refractivity contribution is 8.26. The summed E-state index contributed by atoms with van der Waals surface area (Å²) in [5.41, 5.74) is 0.757. The summed E-state index contributed by atoms with van der Waals surface area (Å²) < 4.78 is 11.7. The van der Waals surface area contributed by atoms with Crippen LogP contribution in [0, 0.1) is 0 Å². The lowest BCUT2D eigenvalue weighted by molar-refractivity contribution is -0.144. The second kappa shape index (κ2) is 10.5. The molecule has 0 unspecified atom stereocenters. The van der Waals surface area contributed by atoms with E-state index >= 15 is 0 Å². The number of thiocarbonyl (C=S) groups is 1. The van der Waals surface area contributed by atoms with Crippen LogP contribution in [-0.4, -0.2) is 45.5 Å². The lowest BCUT2D eigenvalue weighted by atomic mass is 10.1. The van der Waals surface area contributed by atoms with Crippen molar-refractivity contribution in [1.82, 2.24) is 4.90 Å². The van der Waals surface area contributed by atoms with E-state index in [4.69, 9.17) is 21.7 Å². The number of nitrogens with zero attached hydrogens (tertiary/aromatic N) is 1. The van der Waals surface area contributed by atoms with Gasteiger partial charge in [-0.25, -0.2) is 4.79 Å². The third-order valence-electron chi connectivity index (χ3n) is 4.14.